The Kier molecular flexibility index (Phi) is 2.77. The number of hydrogen-bond donors (Lipinski definition) is 3. The highest BCUT2D eigenvalue weighted by Crippen LogP contribution is 2.45. The molecule has 0 aliphatic carbocycles. The first-order chi connectivity index (χ1) is 11.1. The molecule has 0 saturated carbocycles. The van der Waals surface area contributed by atoms with Crippen molar-refractivity contribution in [3.8, 4) is 11.8 Å². The van der Waals surface area contributed by atoms with E-state index in [9.17, 15) is 9.59 Å². The van der Waals surface area contributed by atoms with Crippen molar-refractivity contribution in [3.05, 3.63) is 73.1 Å². The van der Waals surface area contributed by atoms with Crippen LogP contribution in [-0.4, -0.2) is 20.2 Å². The lowest BCUT2D eigenvalue weighted by Gasteiger charge is -2.25. The van der Waals surface area contributed by atoms with Gasteiger partial charge in [0.2, 0.25) is 11.8 Å². The molecule has 2 aromatic heterocycles. The second-order valence-electron chi connectivity index (χ2n) is 5.61. The van der Waals surface area contributed by atoms with Crippen LogP contribution in [-0.2, 0) is 0 Å². The van der Waals surface area contributed by atoms with Gasteiger partial charge < -0.3 is 4.74 Å². The van der Waals surface area contributed by atoms with Crippen molar-refractivity contribution >= 4 is 0 Å². The fourth-order valence-corrected chi connectivity index (χ4v) is 3.11. The van der Waals surface area contributed by atoms with Gasteiger partial charge in [-0.15, -0.1) is 5.10 Å². The van der Waals surface area contributed by atoms with Crippen molar-refractivity contribution < 1.29 is 4.74 Å². The molecule has 1 aliphatic heterocycles. The van der Waals surface area contributed by atoms with E-state index in [1.807, 2.05) is 38.1 Å². The van der Waals surface area contributed by atoms with Crippen molar-refractivity contribution in [1.29, 1.82) is 0 Å². The fourth-order valence-electron chi connectivity index (χ4n) is 3.11. The molecule has 0 amide bonds. The van der Waals surface area contributed by atoms with Crippen LogP contribution >= 0.6 is 0 Å². The average molecular weight is 310 g/mol. The van der Waals surface area contributed by atoms with E-state index >= 15 is 0 Å². The van der Waals surface area contributed by atoms with Gasteiger partial charge in [0.05, 0.1) is 11.5 Å². The van der Waals surface area contributed by atoms with E-state index in [2.05, 4.69) is 20.2 Å². The van der Waals surface area contributed by atoms with Crippen molar-refractivity contribution in [2.75, 3.05) is 0 Å². The van der Waals surface area contributed by atoms with Gasteiger partial charge in [0, 0.05) is 11.3 Å². The summed E-state index contributed by atoms with van der Waals surface area (Å²) in [6.07, 6.45) is 0. The lowest BCUT2D eigenvalue weighted by atomic mass is 9.83. The van der Waals surface area contributed by atoms with Crippen LogP contribution in [0.2, 0.25) is 0 Å². The summed E-state index contributed by atoms with van der Waals surface area (Å²) in [4.78, 5) is 28.8. The lowest BCUT2D eigenvalue weighted by molar-refractivity contribution is 0.412. The largest absolute Gasteiger partial charge is 0.420 e. The molecule has 3 aromatic rings. The highest BCUT2D eigenvalue weighted by Gasteiger charge is 2.36. The van der Waals surface area contributed by atoms with Gasteiger partial charge in [-0.25, -0.2) is 4.79 Å². The van der Waals surface area contributed by atoms with Crippen molar-refractivity contribution in [2.45, 2.75) is 19.8 Å². The minimum Gasteiger partial charge on any atom is -0.420 e. The third-order valence-corrected chi connectivity index (χ3v) is 4.18. The first-order valence-corrected chi connectivity index (χ1v) is 7.21. The predicted molar refractivity (Wildman–Crippen MR) is 83.2 cm³/mol. The van der Waals surface area contributed by atoms with Crippen LogP contribution in [0.15, 0.2) is 33.9 Å². The van der Waals surface area contributed by atoms with Crippen LogP contribution < -0.4 is 16.0 Å². The zero-order valence-electron chi connectivity index (χ0n) is 12.6. The predicted octanol–water partition coefficient (Wildman–Crippen LogP) is 1.69. The minimum absolute atomic E-state index is 0.144. The van der Waals surface area contributed by atoms with Gasteiger partial charge in [0.15, 0.2) is 0 Å². The van der Waals surface area contributed by atoms with Gasteiger partial charge in [0.25, 0.3) is 5.56 Å². The van der Waals surface area contributed by atoms with Crippen LogP contribution in [0.4, 0.5) is 0 Å². The maximum atomic E-state index is 12.4. The maximum Gasteiger partial charge on any atom is 0.328 e. The normalized spacial score (nSPS) is 15.7. The number of H-pyrrole nitrogens is 3. The SMILES string of the molecule is Cc1ccccc1C1c2c(n[nH]c2C)Oc2[nH]c(=O)[nH]c(=O)c21. The molecule has 23 heavy (non-hydrogen) atoms. The molecule has 0 bridgehead atoms. The molecule has 116 valence electrons. The third kappa shape index (κ3) is 1.93. The van der Waals surface area contributed by atoms with E-state index in [1.54, 1.807) is 0 Å². The zero-order chi connectivity index (χ0) is 16.1. The quantitative estimate of drug-likeness (QED) is 0.497. The second-order valence-corrected chi connectivity index (χ2v) is 5.61. The number of hydrogen-bond acceptors (Lipinski definition) is 4. The Labute approximate surface area is 130 Å². The van der Waals surface area contributed by atoms with Crippen LogP contribution in [0.25, 0.3) is 0 Å². The summed E-state index contributed by atoms with van der Waals surface area (Å²) in [5, 5.41) is 7.03. The molecule has 7 nitrogen and oxygen atoms in total. The Morgan fingerprint density at radius 2 is 1.87 bits per heavy atom. The van der Waals surface area contributed by atoms with Gasteiger partial charge in [0.1, 0.15) is 0 Å². The molecule has 0 fully saturated rings. The molecule has 1 aliphatic rings. The summed E-state index contributed by atoms with van der Waals surface area (Å²) in [5.74, 6) is 0.171. The van der Waals surface area contributed by atoms with E-state index in [4.69, 9.17) is 4.74 Å². The Balaban J connectivity index is 2.09. The molecule has 1 unspecified atom stereocenters. The van der Waals surface area contributed by atoms with Gasteiger partial charge in [-0.05, 0) is 25.0 Å². The first-order valence-electron chi connectivity index (χ1n) is 7.21. The summed E-state index contributed by atoms with van der Waals surface area (Å²) in [7, 11) is 0. The topological polar surface area (TPSA) is 104 Å². The number of aryl methyl sites for hydroxylation is 2. The van der Waals surface area contributed by atoms with Crippen LogP contribution in [0.5, 0.6) is 11.8 Å². The Bertz CT molecular complexity index is 1030. The molecule has 4 rings (SSSR count). The molecule has 0 saturated heterocycles. The number of fused-ring (bicyclic) bond motifs is 2. The van der Waals surface area contributed by atoms with E-state index < -0.39 is 11.2 Å². The first kappa shape index (κ1) is 13.6. The smallest absolute Gasteiger partial charge is 0.328 e. The number of ether oxygens (including phenoxy) is 1. The lowest BCUT2D eigenvalue weighted by Crippen LogP contribution is -2.30. The standard InChI is InChI=1S/C16H14N4O3/c1-7-5-3-4-6-9(7)11-10-8(2)19-20-15(10)23-14-12(11)13(21)17-16(22)18-14/h3-6,11H,1-2H3,(H,19,20)(H2,17,18,21,22). The molecular weight excluding hydrogens is 296 g/mol. The van der Waals surface area contributed by atoms with Crippen molar-refractivity contribution in [3.63, 3.8) is 0 Å². The van der Waals surface area contributed by atoms with Crippen LogP contribution in [0.3, 0.4) is 0 Å². The van der Waals surface area contributed by atoms with Crippen molar-refractivity contribution in [2.24, 2.45) is 0 Å². The Morgan fingerprint density at radius 1 is 1.09 bits per heavy atom. The highest BCUT2D eigenvalue weighted by atomic mass is 16.5. The van der Waals surface area contributed by atoms with Gasteiger partial charge in [-0.2, -0.15) is 0 Å². The Morgan fingerprint density at radius 3 is 2.65 bits per heavy atom. The molecular formula is C16H14N4O3. The zero-order valence-corrected chi connectivity index (χ0v) is 12.6. The van der Waals surface area contributed by atoms with Crippen LogP contribution in [0.1, 0.15) is 33.9 Å². The number of nitrogens with one attached hydrogen (secondary N) is 3. The molecule has 3 N–H and O–H groups in total. The van der Waals surface area contributed by atoms with Gasteiger partial charge in [-0.3, -0.25) is 19.9 Å². The molecule has 0 radical (unpaired) electrons. The van der Waals surface area contributed by atoms with E-state index in [1.165, 1.54) is 0 Å². The van der Waals surface area contributed by atoms with Crippen molar-refractivity contribution in [1.82, 2.24) is 20.2 Å². The fraction of sp³-hybridized carbons (Fsp3) is 0.188. The van der Waals surface area contributed by atoms with Crippen LogP contribution in [0, 0.1) is 13.8 Å². The molecule has 0 spiro atoms. The second kappa shape index (κ2) is 4.70. The van der Waals surface area contributed by atoms with E-state index in [0.29, 0.717) is 11.4 Å². The van der Waals surface area contributed by atoms with E-state index in [0.717, 1.165) is 22.4 Å². The number of aromatic amines is 3. The third-order valence-electron chi connectivity index (χ3n) is 4.18. The minimum atomic E-state index is -0.604. The highest BCUT2D eigenvalue weighted by molar-refractivity contribution is 5.56. The number of benzene rings is 1. The maximum absolute atomic E-state index is 12.4. The van der Waals surface area contributed by atoms with Gasteiger partial charge >= 0.3 is 5.69 Å². The Hall–Kier alpha value is -3.09. The molecule has 7 heteroatoms. The summed E-state index contributed by atoms with van der Waals surface area (Å²) >= 11 is 0. The van der Waals surface area contributed by atoms with Gasteiger partial charge in [-0.1, -0.05) is 24.3 Å². The summed E-state index contributed by atoms with van der Waals surface area (Å²) in [6, 6.07) is 7.82. The number of rotatable bonds is 1. The number of nitrogens with zero attached hydrogens (tertiary/aromatic N) is 1. The molecule has 3 heterocycles. The summed E-state index contributed by atoms with van der Waals surface area (Å²) in [6.45, 7) is 3.87. The monoisotopic (exact) mass is 310 g/mol. The molecule has 1 atom stereocenters. The summed E-state index contributed by atoms with van der Waals surface area (Å²) < 4.78 is 5.63. The average Bonchev–Trinajstić information content (AvgIpc) is 2.87. The number of aromatic nitrogens is 4. The summed E-state index contributed by atoms with van der Waals surface area (Å²) in [5.41, 5.74) is 2.98. The van der Waals surface area contributed by atoms with E-state index in [-0.39, 0.29) is 11.8 Å². The molecule has 1 aromatic carbocycles.